The highest BCUT2D eigenvalue weighted by Crippen LogP contribution is 2.07. The van der Waals surface area contributed by atoms with Gasteiger partial charge in [-0.25, -0.2) is 0 Å². The molecule has 0 radical (unpaired) electrons. The van der Waals surface area contributed by atoms with Gasteiger partial charge in [0.15, 0.2) is 0 Å². The van der Waals surface area contributed by atoms with Crippen molar-refractivity contribution >= 4 is 29.1 Å². The van der Waals surface area contributed by atoms with E-state index in [1.165, 1.54) is 0 Å². The van der Waals surface area contributed by atoms with Gasteiger partial charge in [-0.3, -0.25) is 4.79 Å². The molecule has 1 unspecified atom stereocenters. The van der Waals surface area contributed by atoms with Crippen molar-refractivity contribution in [3.8, 4) is 0 Å². The number of carbonyl (C=O) groups is 1. The molecule has 0 fully saturated rings. The zero-order chi connectivity index (χ0) is 9.56. The lowest BCUT2D eigenvalue weighted by Crippen LogP contribution is -2.36. The van der Waals surface area contributed by atoms with Crippen LogP contribution in [0.3, 0.4) is 0 Å². The van der Waals surface area contributed by atoms with Crippen LogP contribution < -0.4 is 0 Å². The molecule has 0 aliphatic carbocycles. The second kappa shape index (κ2) is 6.55. The highest BCUT2D eigenvalue weighted by atomic mass is 35.5. The number of hydrogen-bond acceptors (Lipinski definition) is 1. The number of alkyl halides is 2. The normalized spacial score (nSPS) is 12.7. The minimum atomic E-state index is -0.456. The molecule has 0 bridgehead atoms. The smallest absolute Gasteiger partial charge is 0.240 e. The summed E-state index contributed by atoms with van der Waals surface area (Å²) in [5.41, 5.74) is 0. The molecule has 12 heavy (non-hydrogen) atoms. The van der Waals surface area contributed by atoms with Crippen molar-refractivity contribution in [2.75, 3.05) is 19.0 Å². The molecule has 2 nitrogen and oxygen atoms in total. The average Bonchev–Trinajstić information content (AvgIpc) is 2.07. The second-order valence-electron chi connectivity index (χ2n) is 2.46. The molecule has 72 valence electrons. The Morgan fingerprint density at radius 2 is 1.92 bits per heavy atom. The molecule has 0 aromatic rings. The quantitative estimate of drug-likeness (QED) is 0.639. The maximum Gasteiger partial charge on any atom is 0.240 e. The Bertz CT molecular complexity index is 137. The summed E-state index contributed by atoms with van der Waals surface area (Å²) < 4.78 is 0. The maximum atomic E-state index is 11.4. The number of amides is 1. The van der Waals surface area contributed by atoms with Gasteiger partial charge in [0.2, 0.25) is 5.91 Å². The minimum absolute atomic E-state index is 0.0117. The molecule has 0 saturated heterocycles. The summed E-state index contributed by atoms with van der Waals surface area (Å²) in [6.45, 7) is 5.29. The molecule has 0 aromatic carbocycles. The van der Waals surface area contributed by atoms with Gasteiger partial charge in [-0.05, 0) is 20.3 Å². The lowest BCUT2D eigenvalue weighted by Gasteiger charge is -2.21. The van der Waals surface area contributed by atoms with E-state index in [4.69, 9.17) is 23.2 Å². The Kier molecular flexibility index (Phi) is 6.58. The first-order valence-corrected chi connectivity index (χ1v) is 5.13. The van der Waals surface area contributed by atoms with Gasteiger partial charge in [-0.2, -0.15) is 0 Å². The van der Waals surface area contributed by atoms with Crippen LogP contribution in [0.15, 0.2) is 0 Å². The Morgan fingerprint density at radius 1 is 1.42 bits per heavy atom. The topological polar surface area (TPSA) is 20.3 Å². The number of halogens is 2. The Hall–Kier alpha value is 0.0500. The van der Waals surface area contributed by atoms with Gasteiger partial charge in [0.1, 0.15) is 5.38 Å². The van der Waals surface area contributed by atoms with E-state index in [-0.39, 0.29) is 5.91 Å². The summed E-state index contributed by atoms with van der Waals surface area (Å²) in [4.78, 5) is 13.1. The summed E-state index contributed by atoms with van der Waals surface area (Å²) in [6, 6.07) is 0. The van der Waals surface area contributed by atoms with Gasteiger partial charge in [-0.15, -0.1) is 23.2 Å². The molecule has 0 heterocycles. The van der Waals surface area contributed by atoms with E-state index in [0.29, 0.717) is 25.4 Å². The van der Waals surface area contributed by atoms with Gasteiger partial charge in [0.25, 0.3) is 0 Å². The van der Waals surface area contributed by atoms with E-state index in [0.717, 1.165) is 0 Å². The van der Waals surface area contributed by atoms with Crippen molar-refractivity contribution in [2.24, 2.45) is 0 Å². The molecular formula is C8H15Cl2NO. The van der Waals surface area contributed by atoms with Crippen LogP contribution in [-0.2, 0) is 4.79 Å². The number of rotatable bonds is 5. The van der Waals surface area contributed by atoms with E-state index >= 15 is 0 Å². The highest BCUT2D eigenvalue weighted by Gasteiger charge is 2.18. The standard InChI is InChI=1S/C8H15Cl2NO/c1-3-11(4-2)8(12)7(10)5-6-9/h7H,3-6H2,1-2H3. The zero-order valence-electron chi connectivity index (χ0n) is 7.52. The fourth-order valence-corrected chi connectivity index (χ4v) is 1.53. The molecule has 0 aromatic heterocycles. The Morgan fingerprint density at radius 3 is 2.25 bits per heavy atom. The predicted molar refractivity (Wildman–Crippen MR) is 52.9 cm³/mol. The number of hydrogen-bond donors (Lipinski definition) is 0. The largest absolute Gasteiger partial charge is 0.342 e. The van der Waals surface area contributed by atoms with Crippen molar-refractivity contribution in [3.05, 3.63) is 0 Å². The summed E-state index contributed by atoms with van der Waals surface area (Å²) in [7, 11) is 0. The van der Waals surface area contributed by atoms with Crippen LogP contribution in [0.4, 0.5) is 0 Å². The van der Waals surface area contributed by atoms with Gasteiger partial charge >= 0.3 is 0 Å². The van der Waals surface area contributed by atoms with E-state index in [1.54, 1.807) is 4.90 Å². The Labute approximate surface area is 83.8 Å². The molecule has 4 heteroatoms. The van der Waals surface area contributed by atoms with Crippen molar-refractivity contribution in [1.82, 2.24) is 4.90 Å². The molecule has 0 aliphatic heterocycles. The highest BCUT2D eigenvalue weighted by molar-refractivity contribution is 6.31. The molecule has 0 spiro atoms. The molecule has 0 saturated carbocycles. The molecule has 0 N–H and O–H groups in total. The lowest BCUT2D eigenvalue weighted by atomic mass is 10.3. The van der Waals surface area contributed by atoms with Crippen molar-refractivity contribution in [1.29, 1.82) is 0 Å². The van der Waals surface area contributed by atoms with Gasteiger partial charge in [0, 0.05) is 19.0 Å². The summed E-state index contributed by atoms with van der Waals surface area (Å²) in [5, 5.41) is -0.456. The van der Waals surface area contributed by atoms with Crippen LogP contribution in [0.5, 0.6) is 0 Å². The third-order valence-corrected chi connectivity index (χ3v) is 2.33. The zero-order valence-corrected chi connectivity index (χ0v) is 9.03. The predicted octanol–water partition coefficient (Wildman–Crippen LogP) is 2.09. The van der Waals surface area contributed by atoms with Crippen LogP contribution in [0.1, 0.15) is 20.3 Å². The second-order valence-corrected chi connectivity index (χ2v) is 3.36. The first kappa shape index (κ1) is 12.0. The molecule has 1 amide bonds. The van der Waals surface area contributed by atoms with Crippen LogP contribution in [0.2, 0.25) is 0 Å². The monoisotopic (exact) mass is 211 g/mol. The summed E-state index contributed by atoms with van der Waals surface area (Å²) in [5.74, 6) is 0.420. The minimum Gasteiger partial charge on any atom is -0.342 e. The molecule has 0 aliphatic rings. The van der Waals surface area contributed by atoms with Crippen LogP contribution in [0.25, 0.3) is 0 Å². The molecular weight excluding hydrogens is 197 g/mol. The van der Waals surface area contributed by atoms with Crippen molar-refractivity contribution in [3.63, 3.8) is 0 Å². The van der Waals surface area contributed by atoms with Crippen LogP contribution in [0, 0.1) is 0 Å². The first-order valence-electron chi connectivity index (χ1n) is 4.16. The van der Waals surface area contributed by atoms with Crippen molar-refractivity contribution in [2.45, 2.75) is 25.6 Å². The van der Waals surface area contributed by atoms with Gasteiger partial charge < -0.3 is 4.90 Å². The fourth-order valence-electron chi connectivity index (χ4n) is 0.953. The third-order valence-electron chi connectivity index (χ3n) is 1.71. The van der Waals surface area contributed by atoms with E-state index in [2.05, 4.69) is 0 Å². The average molecular weight is 212 g/mol. The van der Waals surface area contributed by atoms with E-state index in [1.807, 2.05) is 13.8 Å². The fraction of sp³-hybridized carbons (Fsp3) is 0.875. The van der Waals surface area contributed by atoms with Crippen LogP contribution in [-0.4, -0.2) is 35.2 Å². The van der Waals surface area contributed by atoms with Crippen molar-refractivity contribution < 1.29 is 4.79 Å². The van der Waals surface area contributed by atoms with Crippen LogP contribution >= 0.6 is 23.2 Å². The lowest BCUT2D eigenvalue weighted by molar-refractivity contribution is -0.130. The van der Waals surface area contributed by atoms with Gasteiger partial charge in [-0.1, -0.05) is 0 Å². The molecule has 0 rings (SSSR count). The Balaban J connectivity index is 3.97. The van der Waals surface area contributed by atoms with E-state index < -0.39 is 5.38 Å². The van der Waals surface area contributed by atoms with Gasteiger partial charge in [0.05, 0.1) is 0 Å². The third kappa shape index (κ3) is 3.63. The SMILES string of the molecule is CCN(CC)C(=O)C(Cl)CCCl. The number of nitrogens with zero attached hydrogens (tertiary/aromatic N) is 1. The first-order chi connectivity index (χ1) is 5.67. The summed E-state index contributed by atoms with van der Waals surface area (Å²) in [6.07, 6.45) is 0.540. The number of carbonyl (C=O) groups excluding carboxylic acids is 1. The maximum absolute atomic E-state index is 11.4. The van der Waals surface area contributed by atoms with E-state index in [9.17, 15) is 4.79 Å². The molecule has 1 atom stereocenters. The summed E-state index contributed by atoms with van der Waals surface area (Å²) >= 11 is 11.3.